The van der Waals surface area contributed by atoms with Crippen LogP contribution in [0.3, 0.4) is 0 Å². The van der Waals surface area contributed by atoms with Gasteiger partial charge in [-0.25, -0.2) is 4.98 Å². The average Bonchev–Trinajstić information content (AvgIpc) is 2.40. The van der Waals surface area contributed by atoms with Crippen LogP contribution in [0.1, 0.15) is 13.3 Å². The number of hydrogen-bond donors (Lipinski definition) is 0. The highest BCUT2D eigenvalue weighted by Crippen LogP contribution is 2.13. The minimum absolute atomic E-state index is 0.241. The van der Waals surface area contributed by atoms with Gasteiger partial charge in [0.05, 0.1) is 0 Å². The van der Waals surface area contributed by atoms with Gasteiger partial charge in [0.2, 0.25) is 0 Å². The third-order valence-electron chi connectivity index (χ3n) is 0.899. The summed E-state index contributed by atoms with van der Waals surface area (Å²) in [7, 11) is 0. The van der Waals surface area contributed by atoms with Gasteiger partial charge in [-0.2, -0.15) is 0 Å². The SMILES string of the molecule is CCC(=O)Oc1nccs1. The highest BCUT2D eigenvalue weighted by molar-refractivity contribution is 7.11. The van der Waals surface area contributed by atoms with E-state index in [0.717, 1.165) is 0 Å². The number of rotatable bonds is 2. The monoisotopic (exact) mass is 157 g/mol. The van der Waals surface area contributed by atoms with Gasteiger partial charge in [-0.1, -0.05) is 18.3 Å². The number of esters is 1. The Morgan fingerprint density at radius 2 is 2.70 bits per heavy atom. The second-order valence-electron chi connectivity index (χ2n) is 1.63. The van der Waals surface area contributed by atoms with E-state index in [-0.39, 0.29) is 5.97 Å². The van der Waals surface area contributed by atoms with Crippen LogP contribution >= 0.6 is 11.3 Å². The molecule has 1 heterocycles. The first kappa shape index (κ1) is 7.21. The van der Waals surface area contributed by atoms with E-state index in [1.165, 1.54) is 11.3 Å². The minimum atomic E-state index is -0.241. The molecule has 3 nitrogen and oxygen atoms in total. The number of carbonyl (C=O) groups is 1. The Hall–Kier alpha value is -0.900. The molecule has 0 bridgehead atoms. The van der Waals surface area contributed by atoms with Gasteiger partial charge in [0, 0.05) is 18.0 Å². The van der Waals surface area contributed by atoms with E-state index in [9.17, 15) is 4.79 Å². The molecular weight excluding hydrogens is 150 g/mol. The minimum Gasteiger partial charge on any atom is -0.398 e. The molecular formula is C6H7NO2S. The third-order valence-corrected chi connectivity index (χ3v) is 1.55. The maximum absolute atomic E-state index is 10.6. The smallest absolute Gasteiger partial charge is 0.312 e. The van der Waals surface area contributed by atoms with Crippen molar-refractivity contribution in [2.75, 3.05) is 0 Å². The molecule has 0 aliphatic rings. The lowest BCUT2D eigenvalue weighted by Gasteiger charge is -1.93. The number of aromatic nitrogens is 1. The molecule has 0 unspecified atom stereocenters. The second-order valence-corrected chi connectivity index (χ2v) is 2.48. The Morgan fingerprint density at radius 3 is 3.20 bits per heavy atom. The Morgan fingerprint density at radius 1 is 1.90 bits per heavy atom. The third kappa shape index (κ3) is 1.80. The van der Waals surface area contributed by atoms with Crippen molar-refractivity contribution in [3.63, 3.8) is 0 Å². The molecule has 0 saturated carbocycles. The van der Waals surface area contributed by atoms with Crippen molar-refractivity contribution in [2.45, 2.75) is 13.3 Å². The van der Waals surface area contributed by atoms with Gasteiger partial charge in [0.1, 0.15) is 0 Å². The molecule has 1 aromatic rings. The molecule has 10 heavy (non-hydrogen) atoms. The molecule has 0 saturated heterocycles. The molecule has 4 heteroatoms. The predicted octanol–water partition coefficient (Wildman–Crippen LogP) is 1.46. The van der Waals surface area contributed by atoms with Gasteiger partial charge in [-0.15, -0.1) is 0 Å². The molecule has 1 aromatic heterocycles. The molecule has 0 radical (unpaired) electrons. The van der Waals surface area contributed by atoms with Gasteiger partial charge in [-0.05, 0) is 0 Å². The Kier molecular flexibility index (Phi) is 2.39. The molecule has 0 aliphatic carbocycles. The highest BCUT2D eigenvalue weighted by atomic mass is 32.1. The van der Waals surface area contributed by atoms with Crippen molar-refractivity contribution < 1.29 is 9.53 Å². The quantitative estimate of drug-likeness (QED) is 0.610. The summed E-state index contributed by atoms with van der Waals surface area (Å²) in [5, 5.41) is 2.19. The van der Waals surface area contributed by atoms with E-state index in [0.29, 0.717) is 11.6 Å². The lowest BCUT2D eigenvalue weighted by Crippen LogP contribution is -2.04. The van der Waals surface area contributed by atoms with Crippen LogP contribution in [-0.4, -0.2) is 11.0 Å². The van der Waals surface area contributed by atoms with Gasteiger partial charge >= 0.3 is 5.97 Å². The van der Waals surface area contributed by atoms with Crippen molar-refractivity contribution >= 4 is 17.3 Å². The second kappa shape index (κ2) is 3.31. The van der Waals surface area contributed by atoms with Gasteiger partial charge in [0.15, 0.2) is 0 Å². The van der Waals surface area contributed by atoms with E-state index in [4.69, 9.17) is 4.74 Å². The summed E-state index contributed by atoms with van der Waals surface area (Å²) in [4.78, 5) is 14.4. The summed E-state index contributed by atoms with van der Waals surface area (Å²) in [6, 6.07) is 0. The number of thiazole rings is 1. The number of ether oxygens (including phenoxy) is 1. The lowest BCUT2D eigenvalue weighted by molar-refractivity contribution is -0.134. The summed E-state index contributed by atoms with van der Waals surface area (Å²) < 4.78 is 4.77. The highest BCUT2D eigenvalue weighted by Gasteiger charge is 2.01. The average molecular weight is 157 g/mol. The van der Waals surface area contributed by atoms with Crippen molar-refractivity contribution in [1.29, 1.82) is 0 Å². The van der Waals surface area contributed by atoms with Crippen LogP contribution in [0.25, 0.3) is 0 Å². The van der Waals surface area contributed by atoms with Gasteiger partial charge in [-0.3, -0.25) is 4.79 Å². The van der Waals surface area contributed by atoms with E-state index >= 15 is 0 Å². The molecule has 54 valence electrons. The van der Waals surface area contributed by atoms with E-state index in [2.05, 4.69) is 4.98 Å². The molecule has 0 aliphatic heterocycles. The predicted molar refractivity (Wildman–Crippen MR) is 38.0 cm³/mol. The zero-order valence-corrected chi connectivity index (χ0v) is 6.35. The fourth-order valence-corrected chi connectivity index (χ4v) is 0.931. The Balaban J connectivity index is 2.48. The molecule has 0 fully saturated rings. The topological polar surface area (TPSA) is 39.2 Å². The first-order valence-corrected chi connectivity index (χ1v) is 3.81. The summed E-state index contributed by atoms with van der Waals surface area (Å²) >= 11 is 1.31. The van der Waals surface area contributed by atoms with Crippen molar-refractivity contribution in [1.82, 2.24) is 4.98 Å². The van der Waals surface area contributed by atoms with E-state index < -0.39 is 0 Å². The largest absolute Gasteiger partial charge is 0.398 e. The van der Waals surface area contributed by atoms with E-state index in [1.54, 1.807) is 18.5 Å². The standard InChI is InChI=1S/C6H7NO2S/c1-2-5(8)9-6-7-3-4-10-6/h3-4H,2H2,1H3. The summed E-state index contributed by atoms with van der Waals surface area (Å²) in [6.07, 6.45) is 1.99. The first-order valence-electron chi connectivity index (χ1n) is 2.93. The zero-order chi connectivity index (χ0) is 7.40. The Labute approximate surface area is 62.7 Å². The van der Waals surface area contributed by atoms with Crippen LogP contribution in [-0.2, 0) is 4.79 Å². The summed E-state index contributed by atoms with van der Waals surface area (Å²) in [5.41, 5.74) is 0. The van der Waals surface area contributed by atoms with Crippen LogP contribution < -0.4 is 4.74 Å². The van der Waals surface area contributed by atoms with Crippen molar-refractivity contribution in [3.05, 3.63) is 11.6 Å². The van der Waals surface area contributed by atoms with Crippen LogP contribution in [0.15, 0.2) is 11.6 Å². The van der Waals surface area contributed by atoms with Crippen LogP contribution in [0.2, 0.25) is 0 Å². The van der Waals surface area contributed by atoms with E-state index in [1.807, 2.05) is 0 Å². The number of hydrogen-bond acceptors (Lipinski definition) is 4. The maximum atomic E-state index is 10.6. The fraction of sp³-hybridized carbons (Fsp3) is 0.333. The van der Waals surface area contributed by atoms with Gasteiger partial charge in [0.25, 0.3) is 5.19 Å². The summed E-state index contributed by atoms with van der Waals surface area (Å²) in [6.45, 7) is 1.75. The number of nitrogens with zero attached hydrogens (tertiary/aromatic N) is 1. The maximum Gasteiger partial charge on any atom is 0.312 e. The number of carbonyl (C=O) groups excluding carboxylic acids is 1. The molecule has 0 aromatic carbocycles. The van der Waals surface area contributed by atoms with Crippen molar-refractivity contribution in [3.8, 4) is 5.19 Å². The Bertz CT molecular complexity index is 208. The molecule has 1 rings (SSSR count). The van der Waals surface area contributed by atoms with Gasteiger partial charge < -0.3 is 4.74 Å². The zero-order valence-electron chi connectivity index (χ0n) is 5.53. The van der Waals surface area contributed by atoms with Crippen molar-refractivity contribution in [2.24, 2.45) is 0 Å². The van der Waals surface area contributed by atoms with Crippen LogP contribution in [0.4, 0.5) is 0 Å². The van der Waals surface area contributed by atoms with Crippen LogP contribution in [0.5, 0.6) is 5.19 Å². The molecule has 0 amide bonds. The lowest BCUT2D eigenvalue weighted by atomic mass is 10.5. The molecule has 0 atom stereocenters. The van der Waals surface area contributed by atoms with Crippen LogP contribution in [0, 0.1) is 0 Å². The molecule has 0 N–H and O–H groups in total. The fourth-order valence-electron chi connectivity index (χ4n) is 0.430. The summed E-state index contributed by atoms with van der Waals surface area (Å²) in [5.74, 6) is -0.241. The first-order chi connectivity index (χ1) is 4.83. The molecule has 0 spiro atoms. The normalized spacial score (nSPS) is 9.30.